The first-order valence-corrected chi connectivity index (χ1v) is 8.15. The van der Waals surface area contributed by atoms with Crippen LogP contribution in [0, 0.1) is 5.92 Å². The van der Waals surface area contributed by atoms with E-state index < -0.39 is 0 Å². The standard InChI is InChI=1S/C18H23NO3/c20-16(14-6-2-1-3-7-14)10-11-19-12-15-13-21-17-8-4-5-9-18(17)22-15/h4-5,8-11,14-15,19H,1-3,6-7,12-13H2/b11-10+. The summed E-state index contributed by atoms with van der Waals surface area (Å²) in [6.07, 6.45) is 9.11. The van der Waals surface area contributed by atoms with E-state index in [1.165, 1.54) is 19.3 Å². The lowest BCUT2D eigenvalue weighted by Crippen LogP contribution is -2.37. The van der Waals surface area contributed by atoms with Crippen molar-refractivity contribution in [3.63, 3.8) is 0 Å². The third-order valence-corrected chi connectivity index (χ3v) is 4.29. The molecule has 2 aliphatic rings. The van der Waals surface area contributed by atoms with E-state index in [1.54, 1.807) is 12.3 Å². The fourth-order valence-corrected chi connectivity index (χ4v) is 3.03. The maximum atomic E-state index is 12.0. The molecule has 0 amide bonds. The highest BCUT2D eigenvalue weighted by Crippen LogP contribution is 2.30. The van der Waals surface area contributed by atoms with E-state index in [9.17, 15) is 4.79 Å². The first-order valence-electron chi connectivity index (χ1n) is 8.15. The molecule has 1 heterocycles. The molecule has 0 bridgehead atoms. The maximum Gasteiger partial charge on any atom is 0.161 e. The average molecular weight is 301 g/mol. The third kappa shape index (κ3) is 3.81. The Morgan fingerprint density at radius 3 is 2.77 bits per heavy atom. The maximum absolute atomic E-state index is 12.0. The smallest absolute Gasteiger partial charge is 0.161 e. The predicted octanol–water partition coefficient (Wildman–Crippen LogP) is 3.08. The number of rotatable bonds is 5. The lowest BCUT2D eigenvalue weighted by atomic mass is 9.86. The molecule has 0 saturated heterocycles. The summed E-state index contributed by atoms with van der Waals surface area (Å²) in [5.41, 5.74) is 0. The van der Waals surface area contributed by atoms with E-state index in [4.69, 9.17) is 9.47 Å². The number of nitrogens with one attached hydrogen (secondary N) is 1. The van der Waals surface area contributed by atoms with E-state index >= 15 is 0 Å². The van der Waals surface area contributed by atoms with Crippen LogP contribution in [0.5, 0.6) is 11.5 Å². The molecular formula is C18H23NO3. The van der Waals surface area contributed by atoms with Crippen molar-refractivity contribution in [2.24, 2.45) is 5.92 Å². The van der Waals surface area contributed by atoms with Crippen LogP contribution in [0.1, 0.15) is 32.1 Å². The van der Waals surface area contributed by atoms with Gasteiger partial charge in [0, 0.05) is 12.1 Å². The zero-order valence-electron chi connectivity index (χ0n) is 12.8. The molecule has 1 aromatic carbocycles. The summed E-state index contributed by atoms with van der Waals surface area (Å²) in [7, 11) is 0. The van der Waals surface area contributed by atoms with Gasteiger partial charge in [-0.05, 0) is 31.1 Å². The van der Waals surface area contributed by atoms with E-state index in [2.05, 4.69) is 5.32 Å². The first-order chi connectivity index (χ1) is 10.8. The Morgan fingerprint density at radius 2 is 1.95 bits per heavy atom. The minimum atomic E-state index is -0.0377. The van der Waals surface area contributed by atoms with Crippen LogP contribution in [-0.2, 0) is 4.79 Å². The number of ketones is 1. The highest BCUT2D eigenvalue weighted by atomic mass is 16.6. The molecule has 1 fully saturated rings. The predicted molar refractivity (Wildman–Crippen MR) is 85.1 cm³/mol. The van der Waals surface area contributed by atoms with Crippen molar-refractivity contribution in [1.82, 2.24) is 5.32 Å². The van der Waals surface area contributed by atoms with Crippen LogP contribution >= 0.6 is 0 Å². The molecule has 22 heavy (non-hydrogen) atoms. The van der Waals surface area contributed by atoms with Crippen molar-refractivity contribution in [3.05, 3.63) is 36.5 Å². The SMILES string of the molecule is O=C(/C=C/NCC1COc2ccccc2O1)C1CCCCC1. The van der Waals surface area contributed by atoms with Crippen LogP contribution in [0.15, 0.2) is 36.5 Å². The van der Waals surface area contributed by atoms with Crippen molar-refractivity contribution < 1.29 is 14.3 Å². The average Bonchev–Trinajstić information content (AvgIpc) is 2.59. The van der Waals surface area contributed by atoms with Gasteiger partial charge in [-0.25, -0.2) is 0 Å². The summed E-state index contributed by atoms with van der Waals surface area (Å²) in [6, 6.07) is 7.67. The fourth-order valence-electron chi connectivity index (χ4n) is 3.03. The highest BCUT2D eigenvalue weighted by Gasteiger charge is 2.20. The minimum Gasteiger partial charge on any atom is -0.486 e. The molecule has 4 heteroatoms. The van der Waals surface area contributed by atoms with E-state index in [0.717, 1.165) is 24.3 Å². The number of hydrogen-bond donors (Lipinski definition) is 1. The quantitative estimate of drug-likeness (QED) is 0.849. The molecule has 1 saturated carbocycles. The fraction of sp³-hybridized carbons (Fsp3) is 0.500. The van der Waals surface area contributed by atoms with Gasteiger partial charge in [0.2, 0.25) is 0 Å². The molecule has 1 aliphatic heterocycles. The second-order valence-electron chi connectivity index (χ2n) is 5.98. The number of carbonyl (C=O) groups excluding carboxylic acids is 1. The van der Waals surface area contributed by atoms with Gasteiger partial charge in [-0.1, -0.05) is 31.4 Å². The molecule has 0 aromatic heterocycles. The molecule has 4 nitrogen and oxygen atoms in total. The van der Waals surface area contributed by atoms with Gasteiger partial charge >= 0.3 is 0 Å². The largest absolute Gasteiger partial charge is 0.486 e. The Morgan fingerprint density at radius 1 is 1.18 bits per heavy atom. The van der Waals surface area contributed by atoms with Gasteiger partial charge in [-0.3, -0.25) is 4.79 Å². The monoisotopic (exact) mass is 301 g/mol. The molecule has 1 atom stereocenters. The van der Waals surface area contributed by atoms with Crippen molar-refractivity contribution >= 4 is 5.78 Å². The highest BCUT2D eigenvalue weighted by molar-refractivity contribution is 5.91. The van der Waals surface area contributed by atoms with Crippen LogP contribution in [-0.4, -0.2) is 25.0 Å². The van der Waals surface area contributed by atoms with Crippen molar-refractivity contribution in [3.8, 4) is 11.5 Å². The summed E-state index contributed by atoms with van der Waals surface area (Å²) in [5.74, 6) is 2.05. The summed E-state index contributed by atoms with van der Waals surface area (Å²) < 4.78 is 11.5. The van der Waals surface area contributed by atoms with Gasteiger partial charge in [0.25, 0.3) is 0 Å². The normalized spacial score (nSPS) is 21.7. The van der Waals surface area contributed by atoms with Gasteiger partial charge in [-0.15, -0.1) is 0 Å². The van der Waals surface area contributed by atoms with Gasteiger partial charge < -0.3 is 14.8 Å². The van der Waals surface area contributed by atoms with Crippen molar-refractivity contribution in [1.29, 1.82) is 0 Å². The second-order valence-corrected chi connectivity index (χ2v) is 5.98. The topological polar surface area (TPSA) is 47.6 Å². The zero-order chi connectivity index (χ0) is 15.2. The molecule has 1 aromatic rings. The Labute approximate surface area is 131 Å². The molecular weight excluding hydrogens is 278 g/mol. The summed E-state index contributed by atoms with van der Waals surface area (Å²) in [5, 5.41) is 3.15. The number of allylic oxidation sites excluding steroid dienone is 1. The Kier molecular flexibility index (Phi) is 4.99. The molecule has 3 rings (SSSR count). The van der Waals surface area contributed by atoms with Crippen LogP contribution in [0.3, 0.4) is 0 Å². The number of fused-ring (bicyclic) bond motifs is 1. The summed E-state index contributed by atoms with van der Waals surface area (Å²) >= 11 is 0. The molecule has 1 aliphatic carbocycles. The van der Waals surface area contributed by atoms with Crippen LogP contribution in [0.4, 0.5) is 0 Å². The molecule has 1 unspecified atom stereocenters. The Balaban J connectivity index is 1.42. The van der Waals surface area contributed by atoms with Gasteiger partial charge in [-0.2, -0.15) is 0 Å². The lowest BCUT2D eigenvalue weighted by molar-refractivity contribution is -0.119. The van der Waals surface area contributed by atoms with Crippen LogP contribution in [0.2, 0.25) is 0 Å². The van der Waals surface area contributed by atoms with Crippen molar-refractivity contribution in [2.75, 3.05) is 13.2 Å². The molecule has 0 radical (unpaired) electrons. The molecule has 118 valence electrons. The van der Waals surface area contributed by atoms with E-state index in [1.807, 2.05) is 24.3 Å². The number of hydrogen-bond acceptors (Lipinski definition) is 4. The summed E-state index contributed by atoms with van der Waals surface area (Å²) in [6.45, 7) is 1.15. The first kappa shape index (κ1) is 14.9. The van der Waals surface area contributed by atoms with Crippen molar-refractivity contribution in [2.45, 2.75) is 38.2 Å². The van der Waals surface area contributed by atoms with E-state index in [-0.39, 0.29) is 17.8 Å². The van der Waals surface area contributed by atoms with Crippen LogP contribution in [0.25, 0.3) is 0 Å². The Bertz CT molecular complexity index is 535. The number of ether oxygens (including phenoxy) is 2. The van der Waals surface area contributed by atoms with Gasteiger partial charge in [0.05, 0.1) is 6.54 Å². The molecule has 0 spiro atoms. The van der Waals surface area contributed by atoms with Crippen LogP contribution < -0.4 is 14.8 Å². The lowest BCUT2D eigenvalue weighted by Gasteiger charge is -2.26. The molecule has 1 N–H and O–H groups in total. The third-order valence-electron chi connectivity index (χ3n) is 4.29. The minimum absolute atomic E-state index is 0.0377. The number of carbonyl (C=O) groups is 1. The van der Waals surface area contributed by atoms with E-state index in [0.29, 0.717) is 13.2 Å². The number of para-hydroxylation sites is 2. The Hall–Kier alpha value is -1.97. The summed E-state index contributed by atoms with van der Waals surface area (Å²) in [4.78, 5) is 12.0. The van der Waals surface area contributed by atoms with Gasteiger partial charge in [0.1, 0.15) is 12.7 Å². The second kappa shape index (κ2) is 7.34. The van der Waals surface area contributed by atoms with Gasteiger partial charge in [0.15, 0.2) is 17.3 Å². The zero-order valence-corrected chi connectivity index (χ0v) is 12.8. The number of benzene rings is 1.